The van der Waals surface area contributed by atoms with Crippen LogP contribution in [0.3, 0.4) is 0 Å². The first-order valence-corrected chi connectivity index (χ1v) is 8.22. The highest BCUT2D eigenvalue weighted by Gasteiger charge is 2.34. The Labute approximate surface area is 157 Å². The number of halogens is 3. The third-order valence-electron chi connectivity index (χ3n) is 3.93. The van der Waals surface area contributed by atoms with Gasteiger partial charge in [0.05, 0.1) is 16.9 Å². The molecule has 0 saturated heterocycles. The summed E-state index contributed by atoms with van der Waals surface area (Å²) in [5.74, 6) is -1.10. The molecule has 2 N–H and O–H groups in total. The van der Waals surface area contributed by atoms with Crippen molar-refractivity contribution in [3.05, 3.63) is 76.5 Å². The molecule has 6 nitrogen and oxygen atoms in total. The van der Waals surface area contributed by atoms with Gasteiger partial charge in [0.2, 0.25) is 0 Å². The summed E-state index contributed by atoms with van der Waals surface area (Å²) >= 11 is 0. The average Bonchev–Trinajstić information content (AvgIpc) is 2.98. The summed E-state index contributed by atoms with van der Waals surface area (Å²) in [7, 11) is 0. The average molecular weight is 391 g/mol. The zero-order valence-corrected chi connectivity index (χ0v) is 14.7. The van der Waals surface area contributed by atoms with Crippen LogP contribution >= 0.6 is 0 Å². The molecule has 1 aromatic heterocycles. The number of imidazole rings is 1. The van der Waals surface area contributed by atoms with Gasteiger partial charge >= 0.3 is 11.9 Å². The highest BCUT2D eigenvalue weighted by atomic mass is 19.4. The molecular formula is C19H16F3N3O3. The maximum absolute atomic E-state index is 13.0. The quantitative estimate of drug-likeness (QED) is 0.699. The number of aromatic amines is 1. The normalized spacial score (nSPS) is 11.3. The van der Waals surface area contributed by atoms with E-state index in [2.05, 4.69) is 10.3 Å². The molecule has 0 saturated carbocycles. The van der Waals surface area contributed by atoms with E-state index in [0.717, 1.165) is 12.1 Å². The van der Waals surface area contributed by atoms with Crippen LogP contribution in [0.2, 0.25) is 0 Å². The van der Waals surface area contributed by atoms with Crippen molar-refractivity contribution in [1.29, 1.82) is 0 Å². The van der Waals surface area contributed by atoms with E-state index in [1.165, 1.54) is 22.9 Å². The molecule has 0 aliphatic heterocycles. The number of aromatic nitrogens is 2. The number of nitrogens with one attached hydrogen (secondary N) is 2. The Kier molecular flexibility index (Phi) is 5.25. The van der Waals surface area contributed by atoms with Crippen LogP contribution in [0.25, 0.3) is 5.69 Å². The lowest BCUT2D eigenvalue weighted by atomic mass is 10.2. The van der Waals surface area contributed by atoms with Gasteiger partial charge < -0.3 is 15.0 Å². The molecule has 0 unspecified atom stereocenters. The monoisotopic (exact) mass is 391 g/mol. The molecular weight excluding hydrogens is 375 g/mol. The molecule has 0 spiro atoms. The van der Waals surface area contributed by atoms with Crippen molar-refractivity contribution in [3.63, 3.8) is 0 Å². The maximum atomic E-state index is 13.0. The Balaban J connectivity index is 1.77. The van der Waals surface area contributed by atoms with Crippen LogP contribution in [-0.4, -0.2) is 22.1 Å². The number of carbonyl (C=O) groups excluding carboxylic acids is 1. The number of hydrogen-bond acceptors (Lipinski definition) is 3. The van der Waals surface area contributed by atoms with Gasteiger partial charge in [0.25, 0.3) is 5.91 Å². The number of benzene rings is 2. The van der Waals surface area contributed by atoms with Crippen LogP contribution in [0, 0.1) is 6.92 Å². The van der Waals surface area contributed by atoms with E-state index in [9.17, 15) is 22.8 Å². The van der Waals surface area contributed by atoms with Crippen molar-refractivity contribution >= 4 is 11.6 Å². The second kappa shape index (κ2) is 7.63. The van der Waals surface area contributed by atoms with E-state index in [1.54, 1.807) is 31.2 Å². The van der Waals surface area contributed by atoms with Crippen LogP contribution < -0.4 is 15.7 Å². The Morgan fingerprint density at radius 2 is 1.82 bits per heavy atom. The van der Waals surface area contributed by atoms with Crippen molar-refractivity contribution in [2.45, 2.75) is 13.1 Å². The van der Waals surface area contributed by atoms with E-state index >= 15 is 0 Å². The van der Waals surface area contributed by atoms with Crippen molar-refractivity contribution in [2.75, 3.05) is 11.9 Å². The molecule has 2 aromatic carbocycles. The molecule has 9 heteroatoms. The minimum Gasteiger partial charge on any atom is -0.483 e. The number of ether oxygens (including phenoxy) is 1. The predicted molar refractivity (Wildman–Crippen MR) is 96.7 cm³/mol. The fourth-order valence-corrected chi connectivity index (χ4v) is 2.69. The third-order valence-corrected chi connectivity index (χ3v) is 3.93. The zero-order valence-electron chi connectivity index (χ0n) is 14.7. The lowest BCUT2D eigenvalue weighted by molar-refractivity contribution is -0.139. The summed E-state index contributed by atoms with van der Waals surface area (Å²) in [6.07, 6.45) is -3.06. The summed E-state index contributed by atoms with van der Waals surface area (Å²) < 4.78 is 45.4. The smallest absolute Gasteiger partial charge is 0.419 e. The number of nitrogens with zero attached hydrogens (tertiary/aromatic N) is 1. The molecule has 0 atom stereocenters. The number of aryl methyl sites for hydroxylation is 1. The number of amides is 1. The lowest BCUT2D eigenvalue weighted by Crippen LogP contribution is -2.23. The van der Waals surface area contributed by atoms with Gasteiger partial charge in [0.15, 0.2) is 6.61 Å². The summed E-state index contributed by atoms with van der Waals surface area (Å²) in [6.45, 7) is 1.09. The number of carbonyl (C=O) groups is 1. The summed E-state index contributed by atoms with van der Waals surface area (Å²) in [5, 5.41) is 2.56. The molecule has 1 heterocycles. The fourth-order valence-electron chi connectivity index (χ4n) is 2.69. The fraction of sp³-hybridized carbons (Fsp3) is 0.158. The second-order valence-electron chi connectivity index (χ2n) is 5.92. The molecule has 0 fully saturated rings. The molecule has 0 radical (unpaired) electrons. The standard InChI is InChI=1S/C19H16F3N3O3/c1-12-10-23-18(27)25(12)15-8-4-3-7-14(15)24-17(26)11-28-16-9-5-2-6-13(16)19(20,21)22/h2-10H,11H2,1H3,(H,23,27)(H,24,26). The zero-order chi connectivity index (χ0) is 20.3. The van der Waals surface area contributed by atoms with Gasteiger partial charge in [-0.1, -0.05) is 24.3 Å². The number of alkyl halides is 3. The van der Waals surface area contributed by atoms with E-state index in [4.69, 9.17) is 4.74 Å². The van der Waals surface area contributed by atoms with Gasteiger partial charge in [-0.25, -0.2) is 4.79 Å². The number of rotatable bonds is 5. The molecule has 3 rings (SSSR count). The molecule has 0 aliphatic rings. The first-order valence-electron chi connectivity index (χ1n) is 8.22. The minimum absolute atomic E-state index is 0.324. The highest BCUT2D eigenvalue weighted by Crippen LogP contribution is 2.35. The lowest BCUT2D eigenvalue weighted by Gasteiger charge is -2.15. The summed E-state index contributed by atoms with van der Waals surface area (Å²) in [5.41, 5.74) is 0.0367. The third kappa shape index (κ3) is 4.08. The van der Waals surface area contributed by atoms with Gasteiger partial charge in [-0.05, 0) is 31.2 Å². The largest absolute Gasteiger partial charge is 0.483 e. The minimum atomic E-state index is -4.59. The maximum Gasteiger partial charge on any atom is 0.419 e. The van der Waals surface area contributed by atoms with Crippen LogP contribution in [-0.2, 0) is 11.0 Å². The SMILES string of the molecule is Cc1c[nH]c(=O)n1-c1ccccc1NC(=O)COc1ccccc1C(F)(F)F. The Morgan fingerprint density at radius 1 is 1.14 bits per heavy atom. The van der Waals surface area contributed by atoms with Crippen molar-refractivity contribution in [3.8, 4) is 11.4 Å². The number of anilines is 1. The number of H-pyrrole nitrogens is 1. The number of hydrogen-bond donors (Lipinski definition) is 2. The molecule has 146 valence electrons. The van der Waals surface area contributed by atoms with Crippen LogP contribution in [0.1, 0.15) is 11.3 Å². The van der Waals surface area contributed by atoms with Crippen LogP contribution in [0.4, 0.5) is 18.9 Å². The summed E-state index contributed by atoms with van der Waals surface area (Å²) in [4.78, 5) is 26.8. The van der Waals surface area contributed by atoms with Crippen molar-refractivity contribution < 1.29 is 22.7 Å². The molecule has 0 bridgehead atoms. The molecule has 3 aromatic rings. The number of para-hydroxylation sites is 3. The van der Waals surface area contributed by atoms with E-state index in [0.29, 0.717) is 17.1 Å². The van der Waals surface area contributed by atoms with Gasteiger partial charge in [-0.2, -0.15) is 13.2 Å². The van der Waals surface area contributed by atoms with E-state index < -0.39 is 30.0 Å². The van der Waals surface area contributed by atoms with Crippen LogP contribution in [0.5, 0.6) is 5.75 Å². The molecule has 0 aliphatic carbocycles. The second-order valence-corrected chi connectivity index (χ2v) is 5.92. The Hall–Kier alpha value is -3.49. The van der Waals surface area contributed by atoms with Gasteiger partial charge in [-0.15, -0.1) is 0 Å². The molecule has 1 amide bonds. The van der Waals surface area contributed by atoms with Crippen molar-refractivity contribution in [2.24, 2.45) is 0 Å². The van der Waals surface area contributed by atoms with E-state index in [1.807, 2.05) is 0 Å². The van der Waals surface area contributed by atoms with Crippen molar-refractivity contribution in [1.82, 2.24) is 9.55 Å². The highest BCUT2D eigenvalue weighted by molar-refractivity contribution is 5.93. The Bertz CT molecular complexity index is 1050. The van der Waals surface area contributed by atoms with Gasteiger partial charge in [-0.3, -0.25) is 9.36 Å². The summed E-state index contributed by atoms with van der Waals surface area (Å²) in [6, 6.07) is 11.2. The van der Waals surface area contributed by atoms with E-state index in [-0.39, 0.29) is 5.69 Å². The predicted octanol–water partition coefficient (Wildman–Crippen LogP) is 3.51. The van der Waals surface area contributed by atoms with Gasteiger partial charge in [0.1, 0.15) is 5.75 Å². The Morgan fingerprint density at radius 3 is 2.50 bits per heavy atom. The van der Waals surface area contributed by atoms with Crippen LogP contribution in [0.15, 0.2) is 59.5 Å². The first-order chi connectivity index (χ1) is 13.3. The van der Waals surface area contributed by atoms with Gasteiger partial charge in [0, 0.05) is 11.9 Å². The topological polar surface area (TPSA) is 76.1 Å². The molecule has 28 heavy (non-hydrogen) atoms. The first kappa shape index (κ1) is 19.3.